The first-order chi connectivity index (χ1) is 9.22. The number of hydrogen-bond donors (Lipinski definition) is 1. The Kier molecular flexibility index (Phi) is 3.05. The van der Waals surface area contributed by atoms with Crippen LogP contribution in [-0.2, 0) is 19.6 Å². The Morgan fingerprint density at radius 2 is 2.11 bits per heavy atom. The van der Waals surface area contributed by atoms with Crippen molar-refractivity contribution in [2.75, 3.05) is 6.54 Å². The highest BCUT2D eigenvalue weighted by atomic mass is 16.4. The highest BCUT2D eigenvalue weighted by Gasteiger charge is 2.19. The molecule has 0 amide bonds. The first-order valence-corrected chi connectivity index (χ1v) is 6.25. The first-order valence-electron chi connectivity index (χ1n) is 6.25. The van der Waals surface area contributed by atoms with E-state index in [9.17, 15) is 4.79 Å². The van der Waals surface area contributed by atoms with Crippen LogP contribution in [-0.4, -0.2) is 32.1 Å². The van der Waals surface area contributed by atoms with Crippen LogP contribution in [0.2, 0.25) is 0 Å². The van der Waals surface area contributed by atoms with Gasteiger partial charge in [-0.05, 0) is 23.3 Å². The van der Waals surface area contributed by atoms with Gasteiger partial charge in [0.1, 0.15) is 0 Å². The van der Waals surface area contributed by atoms with E-state index in [-0.39, 0.29) is 0 Å². The van der Waals surface area contributed by atoms with E-state index in [1.54, 1.807) is 18.3 Å². The van der Waals surface area contributed by atoms with E-state index in [0.29, 0.717) is 5.56 Å². The smallest absolute Gasteiger partial charge is 0.335 e. The van der Waals surface area contributed by atoms with E-state index in [0.717, 1.165) is 31.7 Å². The molecule has 0 spiro atoms. The third-order valence-corrected chi connectivity index (χ3v) is 3.47. The number of carbonyl (C=O) groups is 1. The second-order valence-electron chi connectivity index (χ2n) is 4.80. The van der Waals surface area contributed by atoms with Gasteiger partial charge in [-0.1, -0.05) is 6.07 Å². The number of carboxylic acid groups (broad SMARTS) is 1. The van der Waals surface area contributed by atoms with Gasteiger partial charge in [-0.15, -0.1) is 0 Å². The summed E-state index contributed by atoms with van der Waals surface area (Å²) in [5.41, 5.74) is 2.73. The monoisotopic (exact) mass is 257 g/mol. The summed E-state index contributed by atoms with van der Waals surface area (Å²) in [7, 11) is 0. The fraction of sp³-hybridized carbons (Fsp3) is 0.286. The predicted octanol–water partition coefficient (Wildman–Crippen LogP) is 1.60. The molecule has 5 nitrogen and oxygen atoms in total. The van der Waals surface area contributed by atoms with Crippen LogP contribution in [0, 0.1) is 0 Å². The molecule has 0 fully saturated rings. The Bertz CT molecular complexity index is 593. The maximum absolute atomic E-state index is 10.9. The van der Waals surface area contributed by atoms with Crippen LogP contribution in [0.5, 0.6) is 0 Å². The van der Waals surface area contributed by atoms with Crippen molar-refractivity contribution in [2.24, 2.45) is 0 Å². The highest BCUT2D eigenvalue weighted by molar-refractivity contribution is 5.87. The van der Waals surface area contributed by atoms with Gasteiger partial charge in [-0.3, -0.25) is 4.90 Å². The third kappa shape index (κ3) is 2.51. The van der Waals surface area contributed by atoms with E-state index in [1.807, 2.05) is 23.2 Å². The lowest BCUT2D eigenvalue weighted by atomic mass is 10.1. The van der Waals surface area contributed by atoms with Gasteiger partial charge in [0.25, 0.3) is 0 Å². The number of fused-ring (bicyclic) bond motifs is 1. The molecule has 5 heteroatoms. The molecule has 1 aliphatic rings. The van der Waals surface area contributed by atoms with Gasteiger partial charge in [0.2, 0.25) is 0 Å². The van der Waals surface area contributed by atoms with Gasteiger partial charge >= 0.3 is 5.97 Å². The van der Waals surface area contributed by atoms with Gasteiger partial charge in [-0.2, -0.15) is 0 Å². The fourth-order valence-electron chi connectivity index (χ4n) is 2.43. The Morgan fingerprint density at radius 3 is 2.84 bits per heavy atom. The van der Waals surface area contributed by atoms with Crippen LogP contribution >= 0.6 is 0 Å². The zero-order chi connectivity index (χ0) is 13.2. The Hall–Kier alpha value is -2.14. The van der Waals surface area contributed by atoms with Crippen LogP contribution in [0.25, 0.3) is 0 Å². The molecule has 2 heterocycles. The van der Waals surface area contributed by atoms with Crippen LogP contribution in [0.15, 0.2) is 36.9 Å². The van der Waals surface area contributed by atoms with Crippen molar-refractivity contribution in [3.8, 4) is 0 Å². The van der Waals surface area contributed by atoms with E-state index < -0.39 is 5.97 Å². The zero-order valence-electron chi connectivity index (χ0n) is 10.5. The van der Waals surface area contributed by atoms with Crippen molar-refractivity contribution >= 4 is 5.97 Å². The van der Waals surface area contributed by atoms with Crippen molar-refractivity contribution in [1.29, 1.82) is 0 Å². The first kappa shape index (κ1) is 11.9. The molecule has 0 bridgehead atoms. The van der Waals surface area contributed by atoms with Crippen LogP contribution < -0.4 is 0 Å². The molecule has 1 aliphatic heterocycles. The molecule has 1 aromatic heterocycles. The van der Waals surface area contributed by atoms with E-state index in [4.69, 9.17) is 5.11 Å². The second kappa shape index (κ2) is 4.85. The van der Waals surface area contributed by atoms with Crippen molar-refractivity contribution < 1.29 is 9.90 Å². The van der Waals surface area contributed by atoms with Gasteiger partial charge in [0.05, 0.1) is 11.9 Å². The number of aromatic nitrogens is 2. The molecule has 19 heavy (non-hydrogen) atoms. The quantitative estimate of drug-likeness (QED) is 0.903. The van der Waals surface area contributed by atoms with Crippen LogP contribution in [0.3, 0.4) is 0 Å². The van der Waals surface area contributed by atoms with Gasteiger partial charge in [-0.25, -0.2) is 9.78 Å². The number of benzene rings is 1. The lowest BCUT2D eigenvalue weighted by Gasteiger charge is -2.14. The average Bonchev–Trinajstić information content (AvgIpc) is 3.04. The normalized spacial score (nSPS) is 14.5. The third-order valence-electron chi connectivity index (χ3n) is 3.47. The summed E-state index contributed by atoms with van der Waals surface area (Å²) in [6.45, 7) is 3.56. The molecule has 98 valence electrons. The van der Waals surface area contributed by atoms with E-state index in [1.165, 1.54) is 5.56 Å². The molecule has 0 atom stereocenters. The lowest BCUT2D eigenvalue weighted by molar-refractivity contribution is 0.0696. The van der Waals surface area contributed by atoms with Gasteiger partial charge in [0.15, 0.2) is 0 Å². The molecular formula is C14H15N3O2. The topological polar surface area (TPSA) is 58.4 Å². The SMILES string of the molecule is O=C(O)c1ccc2c(c1)CN(CCn1ccnc1)C2. The molecule has 0 saturated carbocycles. The average molecular weight is 257 g/mol. The van der Waals surface area contributed by atoms with E-state index in [2.05, 4.69) is 9.88 Å². The van der Waals surface area contributed by atoms with Gasteiger partial charge < -0.3 is 9.67 Å². The van der Waals surface area contributed by atoms with Crippen molar-refractivity contribution in [2.45, 2.75) is 19.6 Å². The largest absolute Gasteiger partial charge is 0.478 e. The Balaban J connectivity index is 1.65. The standard InChI is InChI=1S/C14H15N3O2/c18-14(19)11-1-2-12-8-17(9-13(12)7-11)6-5-16-4-3-15-10-16/h1-4,7,10H,5-6,8-9H2,(H,18,19). The highest BCUT2D eigenvalue weighted by Crippen LogP contribution is 2.23. The summed E-state index contributed by atoms with van der Waals surface area (Å²) in [6, 6.07) is 5.39. The molecule has 0 radical (unpaired) electrons. The Morgan fingerprint density at radius 1 is 1.26 bits per heavy atom. The maximum Gasteiger partial charge on any atom is 0.335 e. The molecule has 1 N–H and O–H groups in total. The summed E-state index contributed by atoms with van der Waals surface area (Å²) in [5, 5.41) is 8.99. The molecule has 0 unspecified atom stereocenters. The van der Waals surface area contributed by atoms with Crippen molar-refractivity contribution in [1.82, 2.24) is 14.5 Å². The van der Waals surface area contributed by atoms with E-state index >= 15 is 0 Å². The molecule has 0 saturated heterocycles. The van der Waals surface area contributed by atoms with Crippen molar-refractivity contribution in [3.63, 3.8) is 0 Å². The summed E-state index contributed by atoms with van der Waals surface area (Å²) < 4.78 is 2.05. The second-order valence-corrected chi connectivity index (χ2v) is 4.80. The number of nitrogens with zero attached hydrogens (tertiary/aromatic N) is 3. The lowest BCUT2D eigenvalue weighted by Crippen LogP contribution is -2.21. The molecule has 0 aliphatic carbocycles. The minimum Gasteiger partial charge on any atom is -0.478 e. The summed E-state index contributed by atoms with van der Waals surface area (Å²) in [4.78, 5) is 17.3. The maximum atomic E-state index is 10.9. The Labute approximate surface area is 111 Å². The number of aromatic carboxylic acids is 1. The number of carboxylic acids is 1. The minimum atomic E-state index is -0.861. The van der Waals surface area contributed by atoms with Crippen molar-refractivity contribution in [3.05, 3.63) is 53.6 Å². The van der Waals surface area contributed by atoms with Gasteiger partial charge in [0, 0.05) is 38.6 Å². The molecule has 1 aromatic carbocycles. The fourth-order valence-corrected chi connectivity index (χ4v) is 2.43. The summed E-state index contributed by atoms with van der Waals surface area (Å²) >= 11 is 0. The number of rotatable bonds is 4. The minimum absolute atomic E-state index is 0.371. The van der Waals surface area contributed by atoms with Crippen LogP contribution in [0.4, 0.5) is 0 Å². The number of imidazole rings is 1. The molecule has 2 aromatic rings. The number of hydrogen-bond acceptors (Lipinski definition) is 3. The predicted molar refractivity (Wildman–Crippen MR) is 69.7 cm³/mol. The van der Waals surface area contributed by atoms with Crippen LogP contribution in [0.1, 0.15) is 21.5 Å². The zero-order valence-corrected chi connectivity index (χ0v) is 10.5. The summed E-state index contributed by atoms with van der Waals surface area (Å²) in [5.74, 6) is -0.861. The molecule has 3 rings (SSSR count). The summed E-state index contributed by atoms with van der Waals surface area (Å²) in [6.07, 6.45) is 5.54. The molecular weight excluding hydrogens is 242 g/mol.